The van der Waals surface area contributed by atoms with E-state index in [4.69, 9.17) is 0 Å². The van der Waals surface area contributed by atoms with Gasteiger partial charge in [-0.2, -0.15) is 0 Å². The zero-order valence-electron chi connectivity index (χ0n) is 11.0. The lowest BCUT2D eigenvalue weighted by Crippen LogP contribution is -2.43. The van der Waals surface area contributed by atoms with Crippen LogP contribution in [0.3, 0.4) is 0 Å². The lowest BCUT2D eigenvalue weighted by Gasteiger charge is -2.34. The lowest BCUT2D eigenvalue weighted by molar-refractivity contribution is 0.0735. The van der Waals surface area contributed by atoms with Gasteiger partial charge < -0.3 is 10.4 Å². The summed E-state index contributed by atoms with van der Waals surface area (Å²) in [5.41, 5.74) is 3.86. The first-order valence-electron chi connectivity index (χ1n) is 6.21. The number of para-hydroxylation sites is 1. The Labute approximate surface area is 103 Å². The molecule has 94 valence electrons. The number of hydrogen-bond acceptors (Lipinski definition) is 3. The normalized spacial score (nSPS) is 14.9. The van der Waals surface area contributed by atoms with Gasteiger partial charge in [0.15, 0.2) is 0 Å². The summed E-state index contributed by atoms with van der Waals surface area (Å²) >= 11 is 0. The fourth-order valence-corrected chi connectivity index (χ4v) is 2.13. The predicted octanol–water partition coefficient (Wildman–Crippen LogP) is 1.86. The molecular weight excluding hydrogens is 212 g/mol. The number of aliphatic hydroxyl groups is 1. The van der Waals surface area contributed by atoms with Crippen LogP contribution < -0.4 is 5.32 Å². The first-order valence-corrected chi connectivity index (χ1v) is 6.21. The zero-order valence-corrected chi connectivity index (χ0v) is 11.0. The summed E-state index contributed by atoms with van der Waals surface area (Å²) in [6.45, 7) is 6.20. The molecule has 0 saturated carbocycles. The van der Waals surface area contributed by atoms with E-state index in [0.717, 1.165) is 19.5 Å². The monoisotopic (exact) mass is 234 g/mol. The number of anilines is 1. The molecule has 1 aromatic rings. The van der Waals surface area contributed by atoms with Crippen LogP contribution in [0.1, 0.15) is 25.0 Å². The van der Waals surface area contributed by atoms with Gasteiger partial charge in [-0.05, 0) is 38.4 Å². The number of likely N-dealkylation sites (N-methyl/N-ethyl adjacent to an activating group) is 1. The van der Waals surface area contributed by atoms with Gasteiger partial charge in [-0.1, -0.05) is 18.2 Å². The van der Waals surface area contributed by atoms with E-state index >= 15 is 0 Å². The van der Waals surface area contributed by atoms with Crippen molar-refractivity contribution >= 4 is 5.69 Å². The molecular formula is C14H22N2O. The van der Waals surface area contributed by atoms with E-state index in [1.54, 1.807) is 0 Å². The molecule has 0 unspecified atom stereocenters. The maximum absolute atomic E-state index is 9.38. The van der Waals surface area contributed by atoms with Gasteiger partial charge in [0.1, 0.15) is 0 Å². The molecule has 0 amide bonds. The van der Waals surface area contributed by atoms with Crippen LogP contribution in [0.5, 0.6) is 0 Å². The molecule has 0 saturated heterocycles. The molecule has 0 radical (unpaired) electrons. The maximum atomic E-state index is 9.38. The summed E-state index contributed by atoms with van der Waals surface area (Å²) in [4.78, 5) is 2.20. The van der Waals surface area contributed by atoms with E-state index in [2.05, 4.69) is 49.3 Å². The average molecular weight is 234 g/mol. The van der Waals surface area contributed by atoms with Crippen molar-refractivity contribution in [3.05, 3.63) is 29.3 Å². The van der Waals surface area contributed by atoms with Crippen LogP contribution in [0.15, 0.2) is 18.2 Å². The minimum absolute atomic E-state index is 0.173. The summed E-state index contributed by atoms with van der Waals surface area (Å²) in [6.07, 6.45) is 1.12. The van der Waals surface area contributed by atoms with Crippen LogP contribution in [0, 0.1) is 0 Å². The molecule has 0 fully saturated rings. The summed E-state index contributed by atoms with van der Waals surface area (Å²) < 4.78 is 0. The van der Waals surface area contributed by atoms with Gasteiger partial charge in [0.2, 0.25) is 0 Å². The van der Waals surface area contributed by atoms with Crippen molar-refractivity contribution in [2.75, 3.05) is 25.5 Å². The van der Waals surface area contributed by atoms with Gasteiger partial charge in [0, 0.05) is 24.3 Å². The Morgan fingerprint density at radius 2 is 2.18 bits per heavy atom. The molecule has 1 aromatic carbocycles. The number of rotatable bonds is 4. The SMILES string of the molecule is CN(Cc1cccc2c1NCC2)C(C)(C)CO. The van der Waals surface area contributed by atoms with Gasteiger partial charge in [0.05, 0.1) is 6.61 Å². The van der Waals surface area contributed by atoms with Gasteiger partial charge in [-0.15, -0.1) is 0 Å². The highest BCUT2D eigenvalue weighted by Crippen LogP contribution is 2.28. The number of fused-ring (bicyclic) bond motifs is 1. The summed E-state index contributed by atoms with van der Waals surface area (Å²) in [6, 6.07) is 6.48. The van der Waals surface area contributed by atoms with Gasteiger partial charge in [0.25, 0.3) is 0 Å². The van der Waals surface area contributed by atoms with Crippen LogP contribution >= 0.6 is 0 Å². The minimum atomic E-state index is -0.179. The largest absolute Gasteiger partial charge is 0.394 e. The predicted molar refractivity (Wildman–Crippen MR) is 71.3 cm³/mol. The smallest absolute Gasteiger partial charge is 0.0610 e. The molecule has 1 aliphatic rings. The van der Waals surface area contributed by atoms with E-state index < -0.39 is 0 Å². The average Bonchev–Trinajstić information content (AvgIpc) is 2.78. The summed E-state index contributed by atoms with van der Waals surface area (Å²) in [5.74, 6) is 0. The highest BCUT2D eigenvalue weighted by molar-refractivity contribution is 5.61. The van der Waals surface area contributed by atoms with Crippen LogP contribution in [0.25, 0.3) is 0 Å². The number of nitrogens with zero attached hydrogens (tertiary/aromatic N) is 1. The standard InChI is InChI=1S/C14H22N2O/c1-14(2,10-17)16(3)9-12-6-4-5-11-7-8-15-13(11)12/h4-6,15,17H,7-10H2,1-3H3. The minimum Gasteiger partial charge on any atom is -0.394 e. The number of benzene rings is 1. The van der Waals surface area contributed by atoms with Crippen molar-refractivity contribution in [3.8, 4) is 0 Å². The van der Waals surface area contributed by atoms with E-state index in [1.807, 2.05) is 0 Å². The first kappa shape index (κ1) is 12.4. The first-order chi connectivity index (χ1) is 8.04. The molecule has 1 aliphatic heterocycles. The third kappa shape index (κ3) is 2.45. The molecule has 0 spiro atoms. The molecule has 0 aliphatic carbocycles. The van der Waals surface area contributed by atoms with Crippen LogP contribution in [-0.4, -0.2) is 35.7 Å². The van der Waals surface area contributed by atoms with Crippen molar-refractivity contribution < 1.29 is 5.11 Å². The van der Waals surface area contributed by atoms with Crippen LogP contribution in [-0.2, 0) is 13.0 Å². The Bertz CT molecular complexity index is 401. The van der Waals surface area contributed by atoms with Crippen LogP contribution in [0.2, 0.25) is 0 Å². The van der Waals surface area contributed by atoms with Crippen molar-refractivity contribution in [3.63, 3.8) is 0 Å². The molecule has 0 atom stereocenters. The van der Waals surface area contributed by atoms with E-state index in [9.17, 15) is 5.11 Å². The lowest BCUT2D eigenvalue weighted by atomic mass is 10.0. The third-order valence-corrected chi connectivity index (χ3v) is 3.76. The Morgan fingerprint density at radius 1 is 1.41 bits per heavy atom. The van der Waals surface area contributed by atoms with Crippen LogP contribution in [0.4, 0.5) is 5.69 Å². The fourth-order valence-electron chi connectivity index (χ4n) is 2.13. The molecule has 2 N–H and O–H groups in total. The molecule has 0 aromatic heterocycles. The fraction of sp³-hybridized carbons (Fsp3) is 0.571. The highest BCUT2D eigenvalue weighted by Gasteiger charge is 2.24. The van der Waals surface area contributed by atoms with Gasteiger partial charge >= 0.3 is 0 Å². The second-order valence-corrected chi connectivity index (χ2v) is 5.45. The molecule has 3 nitrogen and oxygen atoms in total. The summed E-state index contributed by atoms with van der Waals surface area (Å²) in [5, 5.41) is 12.8. The summed E-state index contributed by atoms with van der Waals surface area (Å²) in [7, 11) is 2.06. The van der Waals surface area contributed by atoms with E-state index in [0.29, 0.717) is 0 Å². The zero-order chi connectivity index (χ0) is 12.5. The Balaban J connectivity index is 2.17. The Hall–Kier alpha value is -1.06. The topological polar surface area (TPSA) is 35.5 Å². The molecule has 3 heteroatoms. The maximum Gasteiger partial charge on any atom is 0.0610 e. The van der Waals surface area contributed by atoms with Gasteiger partial charge in [-0.3, -0.25) is 4.90 Å². The Kier molecular flexibility index (Phi) is 3.40. The van der Waals surface area contributed by atoms with Crippen molar-refractivity contribution in [1.29, 1.82) is 0 Å². The number of nitrogens with one attached hydrogen (secondary N) is 1. The third-order valence-electron chi connectivity index (χ3n) is 3.76. The molecule has 0 bridgehead atoms. The Morgan fingerprint density at radius 3 is 2.88 bits per heavy atom. The van der Waals surface area contributed by atoms with Crippen molar-refractivity contribution in [2.45, 2.75) is 32.4 Å². The van der Waals surface area contributed by atoms with E-state index in [-0.39, 0.29) is 12.1 Å². The second-order valence-electron chi connectivity index (χ2n) is 5.45. The quantitative estimate of drug-likeness (QED) is 0.834. The van der Waals surface area contributed by atoms with Gasteiger partial charge in [-0.25, -0.2) is 0 Å². The highest BCUT2D eigenvalue weighted by atomic mass is 16.3. The number of aliphatic hydroxyl groups excluding tert-OH is 1. The molecule has 17 heavy (non-hydrogen) atoms. The van der Waals surface area contributed by atoms with Crippen molar-refractivity contribution in [2.24, 2.45) is 0 Å². The molecule has 2 rings (SSSR count). The number of hydrogen-bond donors (Lipinski definition) is 2. The van der Waals surface area contributed by atoms with Crippen molar-refractivity contribution in [1.82, 2.24) is 4.90 Å². The second kappa shape index (κ2) is 4.67. The van der Waals surface area contributed by atoms with E-state index in [1.165, 1.54) is 16.8 Å². The molecule has 1 heterocycles.